The van der Waals surface area contributed by atoms with E-state index in [0.29, 0.717) is 16.5 Å². The van der Waals surface area contributed by atoms with Gasteiger partial charge in [-0.15, -0.1) is 0 Å². The van der Waals surface area contributed by atoms with Crippen molar-refractivity contribution in [1.29, 1.82) is 0 Å². The Hall–Kier alpha value is -3.79. The molecular weight excluding hydrogens is 446 g/mol. The zero-order valence-electron chi connectivity index (χ0n) is 18.0. The highest BCUT2D eigenvalue weighted by Crippen LogP contribution is 2.25. The molecule has 3 N–H and O–H groups in total. The summed E-state index contributed by atoms with van der Waals surface area (Å²) in [6.45, 7) is 5.32. The molecular formula is C23H25N3O6S. The van der Waals surface area contributed by atoms with Crippen LogP contribution in [0, 0.1) is 0 Å². The molecule has 0 aliphatic rings. The molecule has 0 fully saturated rings. The van der Waals surface area contributed by atoms with Crippen LogP contribution in [0.5, 0.6) is 0 Å². The number of nitrogens with one attached hydrogen (secondary N) is 2. The van der Waals surface area contributed by atoms with Gasteiger partial charge in [-0.25, -0.2) is 18.0 Å². The van der Waals surface area contributed by atoms with Gasteiger partial charge in [0, 0.05) is 18.0 Å². The Balaban J connectivity index is 1.79. The number of rotatable bonds is 10. The summed E-state index contributed by atoms with van der Waals surface area (Å²) >= 11 is 0. The van der Waals surface area contributed by atoms with E-state index >= 15 is 0 Å². The fourth-order valence-electron chi connectivity index (χ4n) is 3.26. The topological polar surface area (TPSA) is 127 Å². The Kier molecular flexibility index (Phi) is 7.39. The number of carboxylic acids is 1. The molecule has 1 heterocycles. The summed E-state index contributed by atoms with van der Waals surface area (Å²) in [5.74, 6) is -1.23. The molecule has 1 unspecified atom stereocenters. The van der Waals surface area contributed by atoms with E-state index in [-0.39, 0.29) is 24.6 Å². The third kappa shape index (κ3) is 6.13. The van der Waals surface area contributed by atoms with Crippen LogP contribution in [0.25, 0.3) is 16.7 Å². The van der Waals surface area contributed by atoms with Gasteiger partial charge in [0.2, 0.25) is 10.0 Å². The van der Waals surface area contributed by atoms with Gasteiger partial charge in [0.05, 0.1) is 11.3 Å². The van der Waals surface area contributed by atoms with Crippen LogP contribution in [0.2, 0.25) is 0 Å². The number of carboxylic acid groups (broad SMARTS) is 1. The van der Waals surface area contributed by atoms with E-state index < -0.39 is 28.1 Å². The predicted molar refractivity (Wildman–Crippen MR) is 125 cm³/mol. The number of amides is 1. The minimum atomic E-state index is -3.55. The van der Waals surface area contributed by atoms with Crippen molar-refractivity contribution < 1.29 is 27.9 Å². The summed E-state index contributed by atoms with van der Waals surface area (Å²) in [6.07, 6.45) is 0.713. The van der Waals surface area contributed by atoms with Crippen molar-refractivity contribution >= 4 is 38.8 Å². The second kappa shape index (κ2) is 10.2. The van der Waals surface area contributed by atoms with E-state index in [1.54, 1.807) is 59.3 Å². The Labute approximate surface area is 191 Å². The number of aliphatic carboxylic acids is 1. The average molecular weight is 472 g/mol. The van der Waals surface area contributed by atoms with Gasteiger partial charge in [-0.3, -0.25) is 4.72 Å². The number of benzene rings is 2. The van der Waals surface area contributed by atoms with Crippen molar-refractivity contribution in [2.75, 3.05) is 5.75 Å². The van der Waals surface area contributed by atoms with Crippen LogP contribution in [-0.2, 0) is 32.6 Å². The number of carbonyl (C=O) groups is 2. The number of hydrogen-bond donors (Lipinski definition) is 3. The molecule has 9 nitrogen and oxygen atoms in total. The maximum atomic E-state index is 12.2. The molecule has 0 spiro atoms. The van der Waals surface area contributed by atoms with E-state index in [1.807, 2.05) is 6.07 Å². The van der Waals surface area contributed by atoms with Crippen molar-refractivity contribution in [1.82, 2.24) is 14.6 Å². The Morgan fingerprint density at radius 2 is 1.79 bits per heavy atom. The molecule has 2 aromatic carbocycles. The third-order valence-corrected chi connectivity index (χ3v) is 6.27. The molecule has 33 heavy (non-hydrogen) atoms. The molecule has 10 heteroatoms. The average Bonchev–Trinajstić information content (AvgIpc) is 3.16. The van der Waals surface area contributed by atoms with E-state index in [0.717, 1.165) is 5.56 Å². The van der Waals surface area contributed by atoms with Crippen molar-refractivity contribution in [3.05, 3.63) is 78.5 Å². The molecule has 1 aromatic heterocycles. The van der Waals surface area contributed by atoms with Gasteiger partial charge >= 0.3 is 12.1 Å². The fraction of sp³-hybridized carbons (Fsp3) is 0.217. The molecule has 1 atom stereocenters. The van der Waals surface area contributed by atoms with Crippen LogP contribution in [0.4, 0.5) is 4.79 Å². The first kappa shape index (κ1) is 23.9. The second-order valence-electron chi connectivity index (χ2n) is 7.29. The lowest BCUT2D eigenvalue weighted by molar-refractivity contribution is -0.139. The second-order valence-corrected chi connectivity index (χ2v) is 9.31. The number of hydrogen-bond acceptors (Lipinski definition) is 5. The molecule has 174 valence electrons. The smallest absolute Gasteiger partial charge is 0.408 e. The number of alkyl carbamates (subject to hydrolysis) is 1. The zero-order chi connectivity index (χ0) is 24.0. The summed E-state index contributed by atoms with van der Waals surface area (Å²) in [7, 11) is -3.55. The highest BCUT2D eigenvalue weighted by molar-refractivity contribution is 7.89. The quantitative estimate of drug-likeness (QED) is 0.417. The summed E-state index contributed by atoms with van der Waals surface area (Å²) < 4.78 is 33.0. The molecule has 0 radical (unpaired) electrons. The number of para-hydroxylation sites is 1. The summed E-state index contributed by atoms with van der Waals surface area (Å²) in [4.78, 5) is 24.0. The predicted octanol–water partition coefficient (Wildman–Crippen LogP) is 2.93. The lowest BCUT2D eigenvalue weighted by atomic mass is 10.1. The fourth-order valence-corrected chi connectivity index (χ4v) is 3.87. The summed E-state index contributed by atoms with van der Waals surface area (Å²) in [6, 6.07) is 14.9. The first-order chi connectivity index (χ1) is 15.7. The lowest BCUT2D eigenvalue weighted by Crippen LogP contribution is -2.42. The molecule has 0 saturated heterocycles. The van der Waals surface area contributed by atoms with Crippen LogP contribution < -0.4 is 10.0 Å². The number of sulfonamides is 1. The SMILES string of the molecule is C=C(NS(=O)(=O)CC)n1cc(CC(NC(=O)OCc2ccccc2)C(=O)O)c2ccccc21. The minimum Gasteiger partial charge on any atom is -0.480 e. The number of carbonyl (C=O) groups excluding carboxylic acids is 1. The summed E-state index contributed by atoms with van der Waals surface area (Å²) in [5.41, 5.74) is 2.01. The van der Waals surface area contributed by atoms with Gasteiger partial charge in [-0.05, 0) is 24.1 Å². The molecule has 1 amide bonds. The van der Waals surface area contributed by atoms with Crippen molar-refractivity contribution in [3.63, 3.8) is 0 Å². The van der Waals surface area contributed by atoms with E-state index in [9.17, 15) is 23.1 Å². The third-order valence-electron chi connectivity index (χ3n) is 4.97. The maximum absolute atomic E-state index is 12.2. The monoisotopic (exact) mass is 471 g/mol. The van der Waals surface area contributed by atoms with Gasteiger partial charge in [0.1, 0.15) is 18.5 Å². The van der Waals surface area contributed by atoms with E-state index in [2.05, 4.69) is 16.6 Å². The van der Waals surface area contributed by atoms with Gasteiger partial charge in [-0.2, -0.15) is 0 Å². The first-order valence-corrected chi connectivity index (χ1v) is 11.8. The summed E-state index contributed by atoms with van der Waals surface area (Å²) in [5, 5.41) is 12.7. The van der Waals surface area contributed by atoms with E-state index in [1.165, 1.54) is 6.92 Å². The van der Waals surface area contributed by atoms with Gasteiger partial charge in [0.25, 0.3) is 0 Å². The molecule has 0 aliphatic carbocycles. The molecule has 0 saturated carbocycles. The highest BCUT2D eigenvalue weighted by atomic mass is 32.2. The number of aromatic nitrogens is 1. The minimum absolute atomic E-state index is 0.00964. The van der Waals surface area contributed by atoms with Crippen LogP contribution in [0.15, 0.2) is 67.4 Å². The van der Waals surface area contributed by atoms with Crippen molar-refractivity contribution in [2.45, 2.75) is 26.0 Å². The van der Waals surface area contributed by atoms with Gasteiger partial charge in [-0.1, -0.05) is 55.1 Å². The Bertz CT molecular complexity index is 1270. The largest absolute Gasteiger partial charge is 0.480 e. The number of ether oxygens (including phenoxy) is 1. The van der Waals surface area contributed by atoms with Gasteiger partial charge < -0.3 is 19.7 Å². The first-order valence-electron chi connectivity index (χ1n) is 10.2. The van der Waals surface area contributed by atoms with Crippen LogP contribution in [-0.4, -0.2) is 41.9 Å². The lowest BCUT2D eigenvalue weighted by Gasteiger charge is -2.14. The normalized spacial score (nSPS) is 12.2. The van der Waals surface area contributed by atoms with Crippen LogP contribution in [0.3, 0.4) is 0 Å². The van der Waals surface area contributed by atoms with Crippen LogP contribution >= 0.6 is 0 Å². The molecule has 3 aromatic rings. The molecule has 0 bridgehead atoms. The van der Waals surface area contributed by atoms with Gasteiger partial charge in [0.15, 0.2) is 0 Å². The molecule has 0 aliphatic heterocycles. The standard InChI is InChI=1S/C23H25N3O6S/c1-3-33(30,31)25-16(2)26-14-18(19-11-7-8-12-21(19)26)13-20(22(27)28)24-23(29)32-15-17-9-5-4-6-10-17/h4-12,14,20,25H,2-3,13,15H2,1H3,(H,24,29)(H,27,28). The molecule has 3 rings (SSSR count). The Morgan fingerprint density at radius 1 is 1.12 bits per heavy atom. The highest BCUT2D eigenvalue weighted by Gasteiger charge is 2.24. The number of nitrogens with zero attached hydrogens (tertiary/aromatic N) is 1. The zero-order valence-corrected chi connectivity index (χ0v) is 18.8. The van der Waals surface area contributed by atoms with Crippen molar-refractivity contribution in [2.24, 2.45) is 0 Å². The van der Waals surface area contributed by atoms with Crippen LogP contribution in [0.1, 0.15) is 18.1 Å². The van der Waals surface area contributed by atoms with E-state index in [4.69, 9.17) is 4.74 Å². The number of fused-ring (bicyclic) bond motifs is 1. The Morgan fingerprint density at radius 3 is 2.45 bits per heavy atom. The van der Waals surface area contributed by atoms with Crippen molar-refractivity contribution in [3.8, 4) is 0 Å². The maximum Gasteiger partial charge on any atom is 0.408 e.